The molecule has 0 aliphatic heterocycles. The van der Waals surface area contributed by atoms with Crippen LogP contribution < -0.4 is 5.32 Å². The number of anilines is 1. The van der Waals surface area contributed by atoms with Crippen LogP contribution in [0.1, 0.15) is 30.7 Å². The summed E-state index contributed by atoms with van der Waals surface area (Å²) in [5.74, 6) is 1.61. The number of aryl methyl sites for hydroxylation is 2. The molecule has 1 aliphatic rings. The third kappa shape index (κ3) is 3.35. The van der Waals surface area contributed by atoms with Gasteiger partial charge in [0.25, 0.3) is 0 Å². The van der Waals surface area contributed by atoms with Gasteiger partial charge in [0.15, 0.2) is 5.65 Å². The van der Waals surface area contributed by atoms with Gasteiger partial charge in [0.05, 0.1) is 30.3 Å². The number of hydrogen-bond acceptors (Lipinski definition) is 5. The predicted molar refractivity (Wildman–Crippen MR) is 97.3 cm³/mol. The molecule has 3 aromatic rings. The normalized spacial score (nSPS) is 20.2. The van der Waals surface area contributed by atoms with Crippen molar-refractivity contribution in [3.63, 3.8) is 0 Å². The van der Waals surface area contributed by atoms with Gasteiger partial charge in [0.2, 0.25) is 0 Å². The lowest BCUT2D eigenvalue weighted by molar-refractivity contribution is 0.0394. The van der Waals surface area contributed by atoms with Crippen molar-refractivity contribution in [3.05, 3.63) is 47.9 Å². The maximum atomic E-state index is 6.19. The molecule has 25 heavy (non-hydrogen) atoms. The molecule has 2 heterocycles. The minimum atomic E-state index is 0.196. The molecule has 6 heteroatoms. The third-order valence-electron chi connectivity index (χ3n) is 4.79. The number of rotatable bonds is 5. The SMILES string of the molecule is Cc1nc(N[C@@H]2CCC[C@H]2OCc2ccccc2)c2cnn(C)c2n1. The largest absolute Gasteiger partial charge is 0.371 e. The van der Waals surface area contributed by atoms with Crippen LogP contribution in [-0.2, 0) is 18.4 Å². The Kier molecular flexibility index (Phi) is 4.36. The Balaban J connectivity index is 1.50. The van der Waals surface area contributed by atoms with Gasteiger partial charge in [-0.25, -0.2) is 9.97 Å². The number of nitrogens with one attached hydrogen (secondary N) is 1. The van der Waals surface area contributed by atoms with Crippen LogP contribution in [-0.4, -0.2) is 31.9 Å². The fraction of sp³-hybridized carbons (Fsp3) is 0.421. The highest BCUT2D eigenvalue weighted by Crippen LogP contribution is 2.28. The molecule has 130 valence electrons. The topological polar surface area (TPSA) is 64.9 Å². The van der Waals surface area contributed by atoms with Crippen LogP contribution in [0.25, 0.3) is 11.0 Å². The summed E-state index contributed by atoms with van der Waals surface area (Å²) in [7, 11) is 1.90. The fourth-order valence-corrected chi connectivity index (χ4v) is 3.48. The molecule has 2 aromatic heterocycles. The molecule has 0 spiro atoms. The predicted octanol–water partition coefficient (Wildman–Crippen LogP) is 3.22. The van der Waals surface area contributed by atoms with Crippen molar-refractivity contribution in [1.82, 2.24) is 19.7 Å². The maximum Gasteiger partial charge on any atom is 0.163 e. The Bertz CT molecular complexity index is 861. The van der Waals surface area contributed by atoms with E-state index in [0.29, 0.717) is 6.61 Å². The molecule has 0 radical (unpaired) electrons. The first-order valence-corrected chi connectivity index (χ1v) is 8.79. The van der Waals surface area contributed by atoms with Crippen molar-refractivity contribution in [2.45, 2.75) is 44.9 Å². The summed E-state index contributed by atoms with van der Waals surface area (Å²) in [6.07, 6.45) is 5.35. The van der Waals surface area contributed by atoms with Gasteiger partial charge < -0.3 is 10.1 Å². The van der Waals surface area contributed by atoms with Crippen LogP contribution >= 0.6 is 0 Å². The second kappa shape index (κ2) is 6.80. The first kappa shape index (κ1) is 16.0. The number of hydrogen-bond donors (Lipinski definition) is 1. The van der Waals surface area contributed by atoms with Crippen molar-refractivity contribution >= 4 is 16.9 Å². The lowest BCUT2D eigenvalue weighted by Gasteiger charge is -2.22. The molecule has 1 aromatic carbocycles. The van der Waals surface area contributed by atoms with Crippen LogP contribution in [0.2, 0.25) is 0 Å². The minimum absolute atomic E-state index is 0.196. The Labute approximate surface area is 147 Å². The second-order valence-corrected chi connectivity index (χ2v) is 6.64. The Morgan fingerprint density at radius 2 is 2.04 bits per heavy atom. The van der Waals surface area contributed by atoms with Gasteiger partial charge in [0.1, 0.15) is 11.6 Å². The lowest BCUT2D eigenvalue weighted by atomic mass is 10.2. The number of nitrogens with zero attached hydrogens (tertiary/aromatic N) is 4. The van der Waals surface area contributed by atoms with Gasteiger partial charge in [-0.1, -0.05) is 30.3 Å². The summed E-state index contributed by atoms with van der Waals surface area (Å²) in [5.41, 5.74) is 2.07. The van der Waals surface area contributed by atoms with E-state index >= 15 is 0 Å². The standard InChI is InChI=1S/C19H23N5O/c1-13-21-18(15-11-20-24(2)19(15)22-13)23-16-9-6-10-17(16)25-12-14-7-4-3-5-8-14/h3-5,7-8,11,16-17H,6,9-10,12H2,1-2H3,(H,21,22,23)/t16-,17-/m1/s1. The minimum Gasteiger partial charge on any atom is -0.371 e. The van der Waals surface area contributed by atoms with Crippen LogP contribution in [0, 0.1) is 6.92 Å². The lowest BCUT2D eigenvalue weighted by Crippen LogP contribution is -2.31. The van der Waals surface area contributed by atoms with Crippen LogP contribution in [0.5, 0.6) is 0 Å². The first-order valence-electron chi connectivity index (χ1n) is 8.79. The average molecular weight is 337 g/mol. The quantitative estimate of drug-likeness (QED) is 0.774. The zero-order valence-electron chi connectivity index (χ0n) is 14.6. The molecule has 4 rings (SSSR count). The number of ether oxygens (including phenoxy) is 1. The maximum absolute atomic E-state index is 6.19. The van der Waals surface area contributed by atoms with Crippen LogP contribution in [0.3, 0.4) is 0 Å². The summed E-state index contributed by atoms with van der Waals surface area (Å²) in [6, 6.07) is 10.6. The molecule has 6 nitrogen and oxygen atoms in total. The van der Waals surface area contributed by atoms with E-state index in [1.807, 2.05) is 38.4 Å². The van der Waals surface area contributed by atoms with Gasteiger partial charge in [-0.05, 0) is 31.7 Å². The molecule has 1 aliphatic carbocycles. The highest BCUT2D eigenvalue weighted by atomic mass is 16.5. The molecule has 0 amide bonds. The molecular formula is C19H23N5O. The molecule has 1 fully saturated rings. The highest BCUT2D eigenvalue weighted by molar-refractivity contribution is 5.86. The summed E-state index contributed by atoms with van der Waals surface area (Å²) >= 11 is 0. The molecule has 1 N–H and O–H groups in total. The molecule has 2 atom stereocenters. The summed E-state index contributed by atoms with van der Waals surface area (Å²) in [4.78, 5) is 9.08. The van der Waals surface area contributed by atoms with E-state index in [2.05, 4.69) is 32.5 Å². The fourth-order valence-electron chi connectivity index (χ4n) is 3.48. The Morgan fingerprint density at radius 1 is 1.20 bits per heavy atom. The molecule has 0 unspecified atom stereocenters. The number of benzene rings is 1. The first-order chi connectivity index (χ1) is 12.2. The van der Waals surface area contributed by atoms with Gasteiger partial charge >= 0.3 is 0 Å². The Morgan fingerprint density at radius 3 is 2.88 bits per heavy atom. The van der Waals surface area contributed by atoms with Gasteiger partial charge in [-0.15, -0.1) is 0 Å². The van der Waals surface area contributed by atoms with Gasteiger partial charge in [-0.2, -0.15) is 5.10 Å². The number of fused-ring (bicyclic) bond motifs is 1. The zero-order valence-corrected chi connectivity index (χ0v) is 14.6. The van der Waals surface area contributed by atoms with E-state index in [0.717, 1.165) is 41.9 Å². The van der Waals surface area contributed by atoms with E-state index in [1.165, 1.54) is 5.56 Å². The van der Waals surface area contributed by atoms with Gasteiger partial charge in [0, 0.05) is 7.05 Å². The highest BCUT2D eigenvalue weighted by Gasteiger charge is 2.29. The van der Waals surface area contributed by atoms with E-state index in [-0.39, 0.29) is 12.1 Å². The summed E-state index contributed by atoms with van der Waals surface area (Å²) in [6.45, 7) is 2.56. The van der Waals surface area contributed by atoms with E-state index < -0.39 is 0 Å². The molecule has 0 saturated heterocycles. The second-order valence-electron chi connectivity index (χ2n) is 6.64. The van der Waals surface area contributed by atoms with Crippen molar-refractivity contribution in [1.29, 1.82) is 0 Å². The third-order valence-corrected chi connectivity index (χ3v) is 4.79. The van der Waals surface area contributed by atoms with E-state index in [9.17, 15) is 0 Å². The van der Waals surface area contributed by atoms with Crippen molar-refractivity contribution < 1.29 is 4.74 Å². The van der Waals surface area contributed by atoms with Crippen LogP contribution in [0.15, 0.2) is 36.5 Å². The van der Waals surface area contributed by atoms with Crippen LogP contribution in [0.4, 0.5) is 5.82 Å². The van der Waals surface area contributed by atoms with Crippen molar-refractivity contribution in [2.75, 3.05) is 5.32 Å². The zero-order chi connectivity index (χ0) is 17.2. The summed E-state index contributed by atoms with van der Waals surface area (Å²) in [5, 5.41) is 8.86. The van der Waals surface area contributed by atoms with E-state index in [4.69, 9.17) is 4.74 Å². The average Bonchev–Trinajstić information content (AvgIpc) is 3.21. The molecule has 0 bridgehead atoms. The monoisotopic (exact) mass is 337 g/mol. The molecular weight excluding hydrogens is 314 g/mol. The van der Waals surface area contributed by atoms with E-state index in [1.54, 1.807) is 4.68 Å². The van der Waals surface area contributed by atoms with Crippen molar-refractivity contribution in [3.8, 4) is 0 Å². The summed E-state index contributed by atoms with van der Waals surface area (Å²) < 4.78 is 7.98. The molecule has 1 saturated carbocycles. The van der Waals surface area contributed by atoms with Gasteiger partial charge in [-0.3, -0.25) is 4.68 Å². The van der Waals surface area contributed by atoms with Crippen molar-refractivity contribution in [2.24, 2.45) is 7.05 Å². The smallest absolute Gasteiger partial charge is 0.163 e. The Hall–Kier alpha value is -2.47. The number of aromatic nitrogens is 4.